The molecule has 25 heavy (non-hydrogen) atoms. The van der Waals surface area contributed by atoms with E-state index in [1.54, 1.807) is 41.5 Å². The number of carbonyl (C=O) groups excluding carboxylic acids is 1. The fraction of sp³-hybridized carbons (Fsp3) is 0.471. The highest BCUT2D eigenvalue weighted by molar-refractivity contribution is 5.90. The van der Waals surface area contributed by atoms with Crippen LogP contribution in [-0.2, 0) is 9.47 Å². The van der Waals surface area contributed by atoms with Crippen LogP contribution in [0.5, 0.6) is 0 Å². The second kappa shape index (κ2) is 9.14. The Kier molecular flexibility index (Phi) is 6.35. The third-order valence-electron chi connectivity index (χ3n) is 3.84. The average molecular weight is 345 g/mol. The lowest BCUT2D eigenvalue weighted by Gasteiger charge is -2.12. The molecule has 2 aromatic rings. The maximum atomic E-state index is 12.0. The van der Waals surface area contributed by atoms with E-state index in [0.717, 1.165) is 25.9 Å². The van der Waals surface area contributed by atoms with Gasteiger partial charge < -0.3 is 20.1 Å². The summed E-state index contributed by atoms with van der Waals surface area (Å²) in [5.41, 5.74) is 0.596. The van der Waals surface area contributed by atoms with Crippen molar-refractivity contribution < 1.29 is 14.3 Å². The lowest BCUT2D eigenvalue weighted by molar-refractivity contribution is 0.0168. The lowest BCUT2D eigenvalue weighted by Crippen LogP contribution is -2.30. The quantitative estimate of drug-likeness (QED) is 0.714. The Morgan fingerprint density at radius 3 is 3.16 bits per heavy atom. The van der Waals surface area contributed by atoms with Crippen LogP contribution in [0.4, 0.5) is 10.5 Å². The van der Waals surface area contributed by atoms with Gasteiger partial charge in [-0.2, -0.15) is 5.10 Å². The topological polar surface area (TPSA) is 90.3 Å². The number of hydrogen-bond donors (Lipinski definition) is 2. The van der Waals surface area contributed by atoms with Gasteiger partial charge in [-0.15, -0.1) is 0 Å². The number of ether oxygens (including phenoxy) is 2. The summed E-state index contributed by atoms with van der Waals surface area (Å²) in [6.45, 7) is 2.61. The first-order valence-corrected chi connectivity index (χ1v) is 8.52. The summed E-state index contributed by atoms with van der Waals surface area (Å²) in [6, 6.07) is 5.07. The maximum Gasteiger partial charge on any atom is 0.319 e. The zero-order valence-corrected chi connectivity index (χ0v) is 14.1. The number of amides is 2. The van der Waals surface area contributed by atoms with E-state index < -0.39 is 0 Å². The number of anilines is 1. The summed E-state index contributed by atoms with van der Waals surface area (Å²) in [5.74, 6) is 0.572. The van der Waals surface area contributed by atoms with Gasteiger partial charge in [-0.05, 0) is 37.5 Å². The fourth-order valence-corrected chi connectivity index (χ4v) is 2.60. The summed E-state index contributed by atoms with van der Waals surface area (Å²) < 4.78 is 12.7. The third kappa shape index (κ3) is 5.27. The molecule has 1 fully saturated rings. The number of pyridine rings is 1. The van der Waals surface area contributed by atoms with E-state index in [2.05, 4.69) is 20.7 Å². The Labute approximate surface area is 146 Å². The minimum Gasteiger partial charge on any atom is -0.379 e. The van der Waals surface area contributed by atoms with E-state index >= 15 is 0 Å². The number of urea groups is 1. The molecule has 1 aliphatic heterocycles. The van der Waals surface area contributed by atoms with Crippen molar-refractivity contribution in [2.45, 2.75) is 25.4 Å². The zero-order chi connectivity index (χ0) is 17.3. The Balaban J connectivity index is 1.37. The molecule has 0 spiro atoms. The highest BCUT2D eigenvalue weighted by Gasteiger charge is 2.15. The summed E-state index contributed by atoms with van der Waals surface area (Å²) in [6.07, 6.45) is 8.27. The van der Waals surface area contributed by atoms with Crippen LogP contribution in [0.3, 0.4) is 0 Å². The summed E-state index contributed by atoms with van der Waals surface area (Å²) in [4.78, 5) is 16.3. The van der Waals surface area contributed by atoms with E-state index in [9.17, 15) is 4.79 Å². The van der Waals surface area contributed by atoms with Gasteiger partial charge in [0.05, 0.1) is 18.4 Å². The number of nitrogens with zero attached hydrogens (tertiary/aromatic N) is 3. The van der Waals surface area contributed by atoms with E-state index in [-0.39, 0.29) is 12.1 Å². The molecule has 2 aromatic heterocycles. The van der Waals surface area contributed by atoms with Crippen LogP contribution < -0.4 is 10.6 Å². The zero-order valence-electron chi connectivity index (χ0n) is 14.1. The van der Waals surface area contributed by atoms with Gasteiger partial charge in [-0.3, -0.25) is 0 Å². The Bertz CT molecular complexity index is 656. The molecule has 1 saturated heterocycles. The van der Waals surface area contributed by atoms with Gasteiger partial charge in [-0.1, -0.05) is 0 Å². The molecule has 8 nitrogen and oxygen atoms in total. The highest BCUT2D eigenvalue weighted by Crippen LogP contribution is 2.15. The van der Waals surface area contributed by atoms with Crippen molar-refractivity contribution in [2.75, 3.05) is 31.7 Å². The molecule has 1 aliphatic rings. The van der Waals surface area contributed by atoms with Crippen LogP contribution in [0, 0.1) is 0 Å². The van der Waals surface area contributed by atoms with Crippen molar-refractivity contribution in [1.82, 2.24) is 20.1 Å². The molecule has 0 bridgehead atoms. The average Bonchev–Trinajstić information content (AvgIpc) is 3.32. The van der Waals surface area contributed by atoms with Crippen molar-refractivity contribution in [2.24, 2.45) is 0 Å². The first-order chi connectivity index (χ1) is 12.3. The monoisotopic (exact) mass is 345 g/mol. The summed E-state index contributed by atoms with van der Waals surface area (Å²) in [5, 5.41) is 9.75. The van der Waals surface area contributed by atoms with E-state index in [1.165, 1.54) is 0 Å². The molecule has 1 unspecified atom stereocenters. The molecule has 1 atom stereocenters. The number of hydrogen-bond acceptors (Lipinski definition) is 5. The number of nitrogens with one attached hydrogen (secondary N) is 2. The van der Waals surface area contributed by atoms with Crippen LogP contribution in [0.1, 0.15) is 19.3 Å². The highest BCUT2D eigenvalue weighted by atomic mass is 16.5. The van der Waals surface area contributed by atoms with Crippen LogP contribution in [0.2, 0.25) is 0 Å². The van der Waals surface area contributed by atoms with E-state index in [4.69, 9.17) is 9.47 Å². The van der Waals surface area contributed by atoms with Crippen molar-refractivity contribution in [3.63, 3.8) is 0 Å². The molecule has 134 valence electrons. The van der Waals surface area contributed by atoms with Gasteiger partial charge >= 0.3 is 6.03 Å². The van der Waals surface area contributed by atoms with Gasteiger partial charge in [0.15, 0.2) is 5.82 Å². The van der Waals surface area contributed by atoms with Crippen molar-refractivity contribution in [3.05, 3.63) is 36.8 Å². The second-order valence-electron chi connectivity index (χ2n) is 5.77. The summed E-state index contributed by atoms with van der Waals surface area (Å²) in [7, 11) is 0. The minimum absolute atomic E-state index is 0.238. The van der Waals surface area contributed by atoms with Gasteiger partial charge in [0.1, 0.15) is 0 Å². The predicted molar refractivity (Wildman–Crippen MR) is 92.8 cm³/mol. The standard InChI is InChI=1S/C17H23N5O3/c23-17(19-8-4-11-24-13-14-5-2-12-25-14)21-15-6-1-7-18-16(15)22-10-3-9-20-22/h1,3,6-7,9-10,14H,2,4-5,8,11-13H2,(H2,19,21,23). The van der Waals surface area contributed by atoms with E-state index in [1.807, 2.05) is 0 Å². The largest absolute Gasteiger partial charge is 0.379 e. The molecule has 8 heteroatoms. The maximum absolute atomic E-state index is 12.0. The van der Waals surface area contributed by atoms with Gasteiger partial charge in [0, 0.05) is 38.3 Å². The second-order valence-corrected chi connectivity index (χ2v) is 5.77. The van der Waals surface area contributed by atoms with Gasteiger partial charge in [-0.25, -0.2) is 14.5 Å². The molecule has 3 heterocycles. The van der Waals surface area contributed by atoms with Gasteiger partial charge in [0.25, 0.3) is 0 Å². The van der Waals surface area contributed by atoms with Crippen LogP contribution in [-0.4, -0.2) is 53.3 Å². The van der Waals surface area contributed by atoms with E-state index in [0.29, 0.717) is 31.3 Å². The van der Waals surface area contributed by atoms with Crippen molar-refractivity contribution in [3.8, 4) is 5.82 Å². The van der Waals surface area contributed by atoms with Crippen LogP contribution >= 0.6 is 0 Å². The van der Waals surface area contributed by atoms with Crippen LogP contribution in [0.15, 0.2) is 36.8 Å². The first-order valence-electron chi connectivity index (χ1n) is 8.52. The molecule has 0 saturated carbocycles. The molecule has 3 rings (SSSR count). The molecule has 2 N–H and O–H groups in total. The molecule has 0 aromatic carbocycles. The molecule has 2 amide bonds. The normalized spacial score (nSPS) is 16.7. The van der Waals surface area contributed by atoms with Crippen LogP contribution in [0.25, 0.3) is 5.82 Å². The molecular weight excluding hydrogens is 322 g/mol. The first kappa shape index (κ1) is 17.4. The molecule has 0 radical (unpaired) electrons. The number of rotatable bonds is 8. The Morgan fingerprint density at radius 1 is 1.40 bits per heavy atom. The van der Waals surface area contributed by atoms with Crippen molar-refractivity contribution in [1.29, 1.82) is 0 Å². The number of aromatic nitrogens is 3. The minimum atomic E-state index is -0.277. The summed E-state index contributed by atoms with van der Waals surface area (Å²) >= 11 is 0. The molecule has 0 aliphatic carbocycles. The lowest BCUT2D eigenvalue weighted by atomic mass is 10.2. The Hall–Kier alpha value is -2.45. The number of carbonyl (C=O) groups is 1. The van der Waals surface area contributed by atoms with Crippen molar-refractivity contribution >= 4 is 11.7 Å². The smallest absolute Gasteiger partial charge is 0.319 e. The SMILES string of the molecule is O=C(NCCCOCC1CCCO1)Nc1cccnc1-n1cccn1. The third-order valence-corrected chi connectivity index (χ3v) is 3.84. The van der Waals surface area contributed by atoms with Gasteiger partial charge in [0.2, 0.25) is 0 Å². The Morgan fingerprint density at radius 2 is 2.36 bits per heavy atom. The molecular formula is C17H23N5O3. The predicted octanol–water partition coefficient (Wildman–Crippen LogP) is 1.97. The fourth-order valence-electron chi connectivity index (χ4n) is 2.60.